The second kappa shape index (κ2) is 4.85. The van der Waals surface area contributed by atoms with Gasteiger partial charge in [0.05, 0.1) is 18.6 Å². The van der Waals surface area contributed by atoms with Crippen molar-refractivity contribution in [3.8, 4) is 0 Å². The molecule has 0 aliphatic heterocycles. The third-order valence-corrected chi connectivity index (χ3v) is 4.91. The summed E-state index contributed by atoms with van der Waals surface area (Å²) in [5, 5.41) is 10.4. The minimum absolute atomic E-state index is 0.309. The van der Waals surface area contributed by atoms with Gasteiger partial charge in [-0.3, -0.25) is 0 Å². The molecule has 1 aromatic heterocycles. The average molecular weight is 234 g/mol. The van der Waals surface area contributed by atoms with E-state index in [0.717, 1.165) is 17.4 Å². The Balaban J connectivity index is 1.65. The molecule has 4 atom stereocenters. The van der Waals surface area contributed by atoms with Gasteiger partial charge >= 0.3 is 0 Å². The van der Waals surface area contributed by atoms with E-state index in [0.29, 0.717) is 5.92 Å². The summed E-state index contributed by atoms with van der Waals surface area (Å²) in [5.41, 5.74) is 0.962. The molecule has 17 heavy (non-hydrogen) atoms. The third kappa shape index (κ3) is 2.28. The number of fused-ring (bicyclic) bond motifs is 1. The maximum absolute atomic E-state index is 10.4. The van der Waals surface area contributed by atoms with Gasteiger partial charge < -0.3 is 9.52 Å². The van der Waals surface area contributed by atoms with Gasteiger partial charge in [-0.2, -0.15) is 0 Å². The summed E-state index contributed by atoms with van der Waals surface area (Å²) >= 11 is 0. The van der Waals surface area contributed by atoms with Gasteiger partial charge in [-0.15, -0.1) is 0 Å². The Labute approximate surface area is 103 Å². The van der Waals surface area contributed by atoms with E-state index in [4.69, 9.17) is 4.42 Å². The van der Waals surface area contributed by atoms with Crippen LogP contribution in [0.5, 0.6) is 0 Å². The van der Waals surface area contributed by atoms with Gasteiger partial charge in [-0.25, -0.2) is 0 Å². The molecule has 0 aromatic carbocycles. The van der Waals surface area contributed by atoms with Crippen LogP contribution < -0.4 is 0 Å². The van der Waals surface area contributed by atoms with E-state index in [1.54, 1.807) is 12.5 Å². The molecule has 1 N–H and O–H groups in total. The van der Waals surface area contributed by atoms with Crippen molar-refractivity contribution in [1.82, 2.24) is 0 Å². The van der Waals surface area contributed by atoms with Crippen molar-refractivity contribution < 1.29 is 9.52 Å². The summed E-state index contributed by atoms with van der Waals surface area (Å²) < 4.78 is 5.07. The number of hydrogen-bond donors (Lipinski definition) is 1. The zero-order valence-electron chi connectivity index (χ0n) is 10.3. The van der Waals surface area contributed by atoms with E-state index >= 15 is 0 Å². The first kappa shape index (κ1) is 11.3. The molecule has 2 saturated carbocycles. The highest BCUT2D eigenvalue weighted by molar-refractivity contribution is 5.10. The van der Waals surface area contributed by atoms with Gasteiger partial charge in [-0.05, 0) is 43.1 Å². The van der Waals surface area contributed by atoms with Gasteiger partial charge in [0.25, 0.3) is 0 Å². The Kier molecular flexibility index (Phi) is 3.24. The van der Waals surface area contributed by atoms with Gasteiger partial charge in [0.1, 0.15) is 0 Å². The molecule has 2 aliphatic rings. The van der Waals surface area contributed by atoms with E-state index in [-0.39, 0.29) is 6.10 Å². The minimum atomic E-state index is -0.309. The van der Waals surface area contributed by atoms with Crippen molar-refractivity contribution in [3.05, 3.63) is 24.2 Å². The predicted molar refractivity (Wildman–Crippen MR) is 66.5 cm³/mol. The Morgan fingerprint density at radius 2 is 1.94 bits per heavy atom. The predicted octanol–water partition coefficient (Wildman–Crippen LogP) is 3.92. The first-order valence-corrected chi connectivity index (χ1v) is 7.05. The third-order valence-electron chi connectivity index (χ3n) is 4.91. The highest BCUT2D eigenvalue weighted by atomic mass is 16.3. The van der Waals surface area contributed by atoms with Crippen LogP contribution >= 0.6 is 0 Å². The molecule has 4 unspecified atom stereocenters. The maximum atomic E-state index is 10.4. The minimum Gasteiger partial charge on any atom is -0.472 e. The monoisotopic (exact) mass is 234 g/mol. The van der Waals surface area contributed by atoms with E-state index in [2.05, 4.69) is 0 Å². The molecule has 0 saturated heterocycles. The SMILES string of the molecule is OC(c1ccoc1)C1CCC2CCCCC2C1. The van der Waals surface area contributed by atoms with Crippen LogP contribution in [0.1, 0.15) is 56.6 Å². The fourth-order valence-electron chi connectivity index (χ4n) is 3.91. The fourth-order valence-corrected chi connectivity index (χ4v) is 3.91. The summed E-state index contributed by atoms with van der Waals surface area (Å²) in [7, 11) is 0. The first-order valence-electron chi connectivity index (χ1n) is 7.05. The summed E-state index contributed by atoms with van der Waals surface area (Å²) in [6.07, 6.45) is 12.4. The van der Waals surface area contributed by atoms with Crippen LogP contribution in [0.25, 0.3) is 0 Å². The molecule has 2 heteroatoms. The van der Waals surface area contributed by atoms with Gasteiger partial charge in [0, 0.05) is 5.56 Å². The topological polar surface area (TPSA) is 33.4 Å². The normalized spacial score (nSPS) is 35.2. The number of rotatable bonds is 2. The van der Waals surface area contributed by atoms with Gasteiger partial charge in [0.15, 0.2) is 0 Å². The highest BCUT2D eigenvalue weighted by Gasteiger charge is 2.35. The van der Waals surface area contributed by atoms with Crippen LogP contribution in [-0.4, -0.2) is 5.11 Å². The number of hydrogen-bond acceptors (Lipinski definition) is 2. The molecule has 1 aromatic rings. The molecule has 0 amide bonds. The van der Waals surface area contributed by atoms with Crippen LogP contribution in [0.2, 0.25) is 0 Å². The van der Waals surface area contributed by atoms with Crippen LogP contribution in [0.4, 0.5) is 0 Å². The van der Waals surface area contributed by atoms with E-state index in [1.165, 1.54) is 44.9 Å². The first-order chi connectivity index (χ1) is 8.34. The summed E-state index contributed by atoms with van der Waals surface area (Å²) in [6.45, 7) is 0. The van der Waals surface area contributed by atoms with E-state index in [9.17, 15) is 5.11 Å². The van der Waals surface area contributed by atoms with Crippen molar-refractivity contribution in [2.24, 2.45) is 17.8 Å². The second-order valence-electron chi connectivity index (χ2n) is 5.88. The molecule has 3 rings (SSSR count). The zero-order chi connectivity index (χ0) is 11.7. The lowest BCUT2D eigenvalue weighted by Crippen LogP contribution is -2.30. The largest absolute Gasteiger partial charge is 0.472 e. The molecule has 0 radical (unpaired) electrons. The van der Waals surface area contributed by atoms with Crippen LogP contribution in [-0.2, 0) is 0 Å². The smallest absolute Gasteiger partial charge is 0.0960 e. The Morgan fingerprint density at radius 3 is 2.71 bits per heavy atom. The molecule has 0 spiro atoms. The van der Waals surface area contributed by atoms with Crippen molar-refractivity contribution in [3.63, 3.8) is 0 Å². The van der Waals surface area contributed by atoms with Crippen LogP contribution in [0.3, 0.4) is 0 Å². The highest BCUT2D eigenvalue weighted by Crippen LogP contribution is 2.46. The van der Waals surface area contributed by atoms with Crippen LogP contribution in [0, 0.1) is 17.8 Å². The maximum Gasteiger partial charge on any atom is 0.0960 e. The molecule has 0 bridgehead atoms. The number of aliphatic hydroxyl groups is 1. The number of furan rings is 1. The Morgan fingerprint density at radius 1 is 1.12 bits per heavy atom. The fraction of sp³-hybridized carbons (Fsp3) is 0.733. The standard InChI is InChI=1S/C15H22O2/c16-15(14-7-8-17-10-14)13-6-5-11-3-1-2-4-12(11)9-13/h7-8,10-13,15-16H,1-6,9H2. The van der Waals surface area contributed by atoms with Gasteiger partial charge in [-0.1, -0.05) is 25.7 Å². The molecule has 1 heterocycles. The molecular formula is C15H22O2. The van der Waals surface area contributed by atoms with Crippen molar-refractivity contribution in [1.29, 1.82) is 0 Å². The number of aliphatic hydroxyl groups excluding tert-OH is 1. The Hall–Kier alpha value is -0.760. The zero-order valence-corrected chi connectivity index (χ0v) is 10.3. The van der Waals surface area contributed by atoms with Crippen molar-refractivity contribution >= 4 is 0 Å². The Bertz CT molecular complexity index is 344. The molecule has 2 nitrogen and oxygen atoms in total. The molecule has 2 aliphatic carbocycles. The average Bonchev–Trinajstić information content (AvgIpc) is 2.91. The quantitative estimate of drug-likeness (QED) is 0.841. The molecular weight excluding hydrogens is 212 g/mol. The lowest BCUT2D eigenvalue weighted by atomic mass is 9.66. The van der Waals surface area contributed by atoms with Crippen LogP contribution in [0.15, 0.2) is 23.0 Å². The summed E-state index contributed by atoms with van der Waals surface area (Å²) in [6, 6.07) is 1.90. The van der Waals surface area contributed by atoms with Crippen molar-refractivity contribution in [2.45, 2.75) is 51.0 Å². The van der Waals surface area contributed by atoms with Crippen molar-refractivity contribution in [2.75, 3.05) is 0 Å². The van der Waals surface area contributed by atoms with Gasteiger partial charge in [0.2, 0.25) is 0 Å². The lowest BCUT2D eigenvalue weighted by molar-refractivity contribution is 0.0346. The summed E-state index contributed by atoms with van der Waals surface area (Å²) in [4.78, 5) is 0. The van der Waals surface area contributed by atoms with E-state index in [1.807, 2.05) is 6.07 Å². The second-order valence-corrected chi connectivity index (χ2v) is 5.88. The molecule has 94 valence electrons. The summed E-state index contributed by atoms with van der Waals surface area (Å²) in [5.74, 6) is 2.28. The molecule has 2 fully saturated rings. The lowest BCUT2D eigenvalue weighted by Gasteiger charge is -2.40. The van der Waals surface area contributed by atoms with E-state index < -0.39 is 0 Å².